The first-order valence-corrected chi connectivity index (χ1v) is 4.79. The van der Waals surface area contributed by atoms with Crippen molar-refractivity contribution in [1.29, 1.82) is 0 Å². The molecule has 0 atom stereocenters. The number of carbonyl (C=O) groups excluding carboxylic acids is 1. The third-order valence-corrected chi connectivity index (χ3v) is 2.18. The van der Waals surface area contributed by atoms with E-state index in [1.807, 2.05) is 25.1 Å². The molecule has 0 aliphatic carbocycles. The number of rotatable bonds is 4. The lowest BCUT2D eigenvalue weighted by molar-refractivity contribution is -0.105. The molecule has 0 fully saturated rings. The van der Waals surface area contributed by atoms with Crippen LogP contribution in [0.5, 0.6) is 5.75 Å². The summed E-state index contributed by atoms with van der Waals surface area (Å²) in [5.74, 6) is 0.804. The van der Waals surface area contributed by atoms with Gasteiger partial charge in [0.2, 0.25) is 6.41 Å². The number of aromatic amines is 1. The van der Waals surface area contributed by atoms with E-state index >= 15 is 0 Å². The minimum Gasteiger partial charge on any atom is -0.494 e. The van der Waals surface area contributed by atoms with E-state index < -0.39 is 0 Å². The number of anilines is 1. The number of carbonyl (C=O) groups is 1. The molecule has 4 heteroatoms. The van der Waals surface area contributed by atoms with Crippen molar-refractivity contribution >= 4 is 23.0 Å². The molecule has 2 aromatic rings. The lowest BCUT2D eigenvalue weighted by Crippen LogP contribution is -1.93. The Morgan fingerprint density at radius 1 is 1.53 bits per heavy atom. The van der Waals surface area contributed by atoms with Crippen molar-refractivity contribution in [3.8, 4) is 5.75 Å². The third-order valence-electron chi connectivity index (χ3n) is 2.18. The second kappa shape index (κ2) is 4.04. The molecule has 2 rings (SSSR count). The van der Waals surface area contributed by atoms with E-state index in [9.17, 15) is 4.79 Å². The number of nitrogens with one attached hydrogen (secondary N) is 2. The Morgan fingerprint density at radius 3 is 3.13 bits per heavy atom. The van der Waals surface area contributed by atoms with Gasteiger partial charge < -0.3 is 15.0 Å². The maximum Gasteiger partial charge on any atom is 0.211 e. The SMILES string of the molecule is CCOc1ccc2[nH]cc(NC=O)c2c1. The number of benzene rings is 1. The highest BCUT2D eigenvalue weighted by Crippen LogP contribution is 2.26. The van der Waals surface area contributed by atoms with Crippen molar-refractivity contribution in [3.05, 3.63) is 24.4 Å². The number of H-pyrrole nitrogens is 1. The second-order valence-electron chi connectivity index (χ2n) is 3.10. The van der Waals surface area contributed by atoms with Gasteiger partial charge in [-0.3, -0.25) is 4.79 Å². The lowest BCUT2D eigenvalue weighted by atomic mass is 10.2. The molecule has 1 amide bonds. The zero-order valence-electron chi connectivity index (χ0n) is 8.41. The van der Waals surface area contributed by atoms with Gasteiger partial charge in [0, 0.05) is 17.1 Å². The van der Waals surface area contributed by atoms with Crippen LogP contribution >= 0.6 is 0 Å². The topological polar surface area (TPSA) is 54.1 Å². The van der Waals surface area contributed by atoms with Crippen LogP contribution in [0, 0.1) is 0 Å². The first-order chi connectivity index (χ1) is 7.35. The molecule has 0 aliphatic heterocycles. The molecule has 0 saturated carbocycles. The number of amides is 1. The van der Waals surface area contributed by atoms with E-state index in [-0.39, 0.29) is 0 Å². The number of hydrogen-bond donors (Lipinski definition) is 2. The average molecular weight is 204 g/mol. The minimum absolute atomic E-state index is 0.631. The summed E-state index contributed by atoms with van der Waals surface area (Å²) < 4.78 is 5.39. The van der Waals surface area contributed by atoms with Gasteiger partial charge in [-0.05, 0) is 25.1 Å². The molecular formula is C11H12N2O2. The van der Waals surface area contributed by atoms with Crippen LogP contribution in [0.3, 0.4) is 0 Å². The third kappa shape index (κ3) is 1.79. The van der Waals surface area contributed by atoms with Crippen LogP contribution in [-0.4, -0.2) is 18.0 Å². The van der Waals surface area contributed by atoms with Gasteiger partial charge in [-0.2, -0.15) is 0 Å². The van der Waals surface area contributed by atoms with Gasteiger partial charge in [0.25, 0.3) is 0 Å². The van der Waals surface area contributed by atoms with Crippen molar-refractivity contribution < 1.29 is 9.53 Å². The number of fused-ring (bicyclic) bond motifs is 1. The number of hydrogen-bond acceptors (Lipinski definition) is 2. The molecular weight excluding hydrogens is 192 g/mol. The summed E-state index contributed by atoms with van der Waals surface area (Å²) >= 11 is 0. The van der Waals surface area contributed by atoms with Crippen LogP contribution in [0.25, 0.3) is 10.9 Å². The van der Waals surface area contributed by atoms with Gasteiger partial charge in [0.1, 0.15) is 5.75 Å². The summed E-state index contributed by atoms with van der Waals surface area (Å²) in [6, 6.07) is 5.73. The first-order valence-electron chi connectivity index (χ1n) is 4.79. The Bertz CT molecular complexity index is 476. The summed E-state index contributed by atoms with van der Waals surface area (Å²) in [6.45, 7) is 2.57. The van der Waals surface area contributed by atoms with Gasteiger partial charge in [-0.15, -0.1) is 0 Å². The maximum atomic E-state index is 10.4. The molecule has 0 radical (unpaired) electrons. The van der Waals surface area contributed by atoms with Crippen molar-refractivity contribution in [2.75, 3.05) is 11.9 Å². The van der Waals surface area contributed by atoms with Crippen LogP contribution in [0.1, 0.15) is 6.92 Å². The molecule has 0 saturated heterocycles. The Labute approximate surface area is 87.2 Å². The highest BCUT2D eigenvalue weighted by Gasteiger charge is 2.03. The summed E-state index contributed by atoms with van der Waals surface area (Å²) in [7, 11) is 0. The van der Waals surface area contributed by atoms with Gasteiger partial charge in [0.15, 0.2) is 0 Å². The van der Waals surface area contributed by atoms with E-state index in [0.717, 1.165) is 22.3 Å². The fraction of sp³-hybridized carbons (Fsp3) is 0.182. The largest absolute Gasteiger partial charge is 0.494 e. The molecule has 1 aromatic carbocycles. The second-order valence-corrected chi connectivity index (χ2v) is 3.10. The molecule has 0 bridgehead atoms. The molecule has 4 nitrogen and oxygen atoms in total. The van der Waals surface area contributed by atoms with Crippen LogP contribution in [-0.2, 0) is 4.79 Å². The van der Waals surface area contributed by atoms with Crippen molar-refractivity contribution in [2.24, 2.45) is 0 Å². The zero-order chi connectivity index (χ0) is 10.7. The Hall–Kier alpha value is -1.97. The van der Waals surface area contributed by atoms with Gasteiger partial charge in [0.05, 0.1) is 12.3 Å². The number of ether oxygens (including phenoxy) is 1. The molecule has 0 aliphatic rings. The number of aromatic nitrogens is 1. The smallest absolute Gasteiger partial charge is 0.211 e. The molecule has 0 unspecified atom stereocenters. The highest BCUT2D eigenvalue weighted by molar-refractivity contribution is 5.97. The van der Waals surface area contributed by atoms with E-state index in [1.54, 1.807) is 6.20 Å². The van der Waals surface area contributed by atoms with E-state index in [4.69, 9.17) is 4.74 Å². The monoisotopic (exact) mass is 204 g/mol. The first kappa shape index (κ1) is 9.58. The predicted molar refractivity (Wildman–Crippen MR) is 59.2 cm³/mol. The van der Waals surface area contributed by atoms with E-state index in [1.165, 1.54) is 0 Å². The lowest BCUT2D eigenvalue weighted by Gasteiger charge is -2.03. The molecule has 1 aromatic heterocycles. The normalized spacial score (nSPS) is 10.2. The zero-order valence-corrected chi connectivity index (χ0v) is 8.41. The van der Waals surface area contributed by atoms with Crippen LogP contribution < -0.4 is 10.1 Å². The van der Waals surface area contributed by atoms with Crippen LogP contribution in [0.2, 0.25) is 0 Å². The Kier molecular flexibility index (Phi) is 2.58. The average Bonchev–Trinajstić information content (AvgIpc) is 2.63. The molecule has 78 valence electrons. The van der Waals surface area contributed by atoms with Crippen molar-refractivity contribution in [2.45, 2.75) is 6.92 Å². The van der Waals surface area contributed by atoms with Crippen molar-refractivity contribution in [1.82, 2.24) is 4.98 Å². The van der Waals surface area contributed by atoms with Crippen LogP contribution in [0.4, 0.5) is 5.69 Å². The fourth-order valence-corrected chi connectivity index (χ4v) is 1.54. The summed E-state index contributed by atoms with van der Waals surface area (Å²) in [6.07, 6.45) is 2.42. The van der Waals surface area contributed by atoms with Gasteiger partial charge in [-0.25, -0.2) is 0 Å². The van der Waals surface area contributed by atoms with Gasteiger partial charge >= 0.3 is 0 Å². The minimum atomic E-state index is 0.631. The maximum absolute atomic E-state index is 10.4. The fourth-order valence-electron chi connectivity index (χ4n) is 1.54. The standard InChI is InChI=1S/C11H12N2O2/c1-2-15-8-3-4-10-9(5-8)11(6-12-10)13-7-14/h3-7,12H,2H2,1H3,(H,13,14). The molecule has 0 spiro atoms. The van der Waals surface area contributed by atoms with Gasteiger partial charge in [-0.1, -0.05) is 0 Å². The summed E-state index contributed by atoms with van der Waals surface area (Å²) in [5.41, 5.74) is 1.74. The highest BCUT2D eigenvalue weighted by atomic mass is 16.5. The molecule has 2 N–H and O–H groups in total. The van der Waals surface area contributed by atoms with Crippen LogP contribution in [0.15, 0.2) is 24.4 Å². The van der Waals surface area contributed by atoms with Crippen molar-refractivity contribution in [3.63, 3.8) is 0 Å². The predicted octanol–water partition coefficient (Wildman–Crippen LogP) is 2.13. The quantitative estimate of drug-likeness (QED) is 0.749. The van der Waals surface area contributed by atoms with E-state index in [2.05, 4.69) is 10.3 Å². The summed E-state index contributed by atoms with van der Waals surface area (Å²) in [5, 5.41) is 3.58. The Morgan fingerprint density at radius 2 is 2.40 bits per heavy atom. The summed E-state index contributed by atoms with van der Waals surface area (Å²) in [4.78, 5) is 13.4. The molecule has 1 heterocycles. The molecule has 15 heavy (non-hydrogen) atoms. The van der Waals surface area contributed by atoms with E-state index in [0.29, 0.717) is 13.0 Å². The Balaban J connectivity index is 2.46.